The van der Waals surface area contributed by atoms with Crippen LogP contribution >= 0.6 is 11.3 Å². The van der Waals surface area contributed by atoms with Crippen LogP contribution in [0.2, 0.25) is 0 Å². The fraction of sp³-hybridized carbons (Fsp3) is 0.296. The lowest BCUT2D eigenvalue weighted by molar-refractivity contribution is 0.438. The molecule has 1 atom stereocenters. The fourth-order valence-corrected chi connectivity index (χ4v) is 5.30. The van der Waals surface area contributed by atoms with Crippen molar-refractivity contribution in [1.82, 2.24) is 15.0 Å². The smallest absolute Gasteiger partial charge is 0.223 e. The van der Waals surface area contributed by atoms with Gasteiger partial charge in [0.2, 0.25) is 5.95 Å². The van der Waals surface area contributed by atoms with Crippen LogP contribution in [0.5, 0.6) is 0 Å². The zero-order chi connectivity index (χ0) is 23.5. The monoisotopic (exact) mass is 473 g/mol. The average molecular weight is 474 g/mol. The highest BCUT2D eigenvalue weighted by Crippen LogP contribution is 2.40. The van der Waals surface area contributed by atoms with Crippen LogP contribution in [0.4, 0.5) is 15.5 Å². The van der Waals surface area contributed by atoms with Gasteiger partial charge in [-0.15, -0.1) is 0 Å². The van der Waals surface area contributed by atoms with Gasteiger partial charge < -0.3 is 10.2 Å². The quantitative estimate of drug-likeness (QED) is 0.333. The number of hydrogen-bond donors (Lipinski definition) is 1. The van der Waals surface area contributed by atoms with Crippen molar-refractivity contribution in [3.63, 3.8) is 0 Å². The first-order valence-electron chi connectivity index (χ1n) is 11.7. The molecule has 0 unspecified atom stereocenters. The van der Waals surface area contributed by atoms with Crippen molar-refractivity contribution in [1.29, 1.82) is 0 Å². The molecule has 0 radical (unpaired) electrons. The molecule has 2 aromatic carbocycles. The van der Waals surface area contributed by atoms with Gasteiger partial charge in [-0.2, -0.15) is 0 Å². The Labute approximate surface area is 203 Å². The lowest BCUT2D eigenvalue weighted by Gasteiger charge is -2.29. The second-order valence-electron chi connectivity index (χ2n) is 8.89. The molecule has 1 aliphatic heterocycles. The van der Waals surface area contributed by atoms with Crippen LogP contribution in [0.1, 0.15) is 38.3 Å². The van der Waals surface area contributed by atoms with Crippen LogP contribution < -0.4 is 10.2 Å². The first-order chi connectivity index (χ1) is 16.6. The minimum absolute atomic E-state index is 0.0698. The number of nitrogens with zero attached hydrogens (tertiary/aromatic N) is 4. The van der Waals surface area contributed by atoms with E-state index in [1.54, 1.807) is 29.7 Å². The Morgan fingerprint density at radius 2 is 1.74 bits per heavy atom. The van der Waals surface area contributed by atoms with Crippen LogP contribution in [0, 0.1) is 11.7 Å². The molecular formula is C27H28FN5S. The van der Waals surface area contributed by atoms with Gasteiger partial charge in [-0.3, -0.25) is 0 Å². The molecule has 3 heterocycles. The highest BCUT2D eigenvalue weighted by Gasteiger charge is 2.23. The molecule has 5 nitrogen and oxygen atoms in total. The van der Waals surface area contributed by atoms with Gasteiger partial charge in [0.1, 0.15) is 5.82 Å². The Bertz CT molecular complexity index is 1230. The normalized spacial score (nSPS) is 15.3. The molecule has 0 aliphatic carbocycles. The minimum atomic E-state index is -0.255. The Kier molecular flexibility index (Phi) is 6.54. The Morgan fingerprint density at radius 3 is 2.47 bits per heavy atom. The third-order valence-corrected chi connectivity index (χ3v) is 7.46. The summed E-state index contributed by atoms with van der Waals surface area (Å²) in [5.74, 6) is 1.06. The van der Waals surface area contributed by atoms with Crippen molar-refractivity contribution in [2.45, 2.75) is 32.7 Å². The first-order valence-corrected chi connectivity index (χ1v) is 12.5. The lowest BCUT2D eigenvalue weighted by Crippen LogP contribution is -2.32. The molecule has 0 saturated carbocycles. The van der Waals surface area contributed by atoms with Gasteiger partial charge in [0.05, 0.1) is 22.3 Å². The third kappa shape index (κ3) is 4.94. The van der Waals surface area contributed by atoms with Gasteiger partial charge in [0.15, 0.2) is 5.13 Å². The largest absolute Gasteiger partial charge is 0.348 e. The zero-order valence-electron chi connectivity index (χ0n) is 19.4. The van der Waals surface area contributed by atoms with E-state index in [2.05, 4.69) is 41.2 Å². The summed E-state index contributed by atoms with van der Waals surface area (Å²) >= 11 is 1.65. The van der Waals surface area contributed by atoms with Crippen LogP contribution in [0.3, 0.4) is 0 Å². The standard InChI is InChI=1S/C27H28FN5S/c1-18-13-16-33(17-14-18)27-32-24(21-8-10-22(28)11-9-21)25(34-27)23-12-15-29-26(31-23)30-19(2)20-6-4-3-5-7-20/h3-12,15,18-19H,13-14,16-17H2,1-2H3,(H,29,30,31)/t19-/m0/s1. The number of anilines is 2. The maximum absolute atomic E-state index is 13.6. The Morgan fingerprint density at radius 1 is 1.00 bits per heavy atom. The van der Waals surface area contributed by atoms with E-state index in [9.17, 15) is 4.39 Å². The van der Waals surface area contributed by atoms with Gasteiger partial charge in [-0.05, 0) is 61.6 Å². The van der Waals surface area contributed by atoms with Crippen molar-refractivity contribution in [2.24, 2.45) is 5.92 Å². The van der Waals surface area contributed by atoms with E-state index in [1.165, 1.54) is 30.5 Å². The van der Waals surface area contributed by atoms with Crippen LogP contribution in [0.25, 0.3) is 21.8 Å². The maximum Gasteiger partial charge on any atom is 0.223 e. The van der Waals surface area contributed by atoms with Gasteiger partial charge in [0, 0.05) is 24.8 Å². The first kappa shape index (κ1) is 22.5. The molecule has 34 heavy (non-hydrogen) atoms. The number of halogens is 1. The highest BCUT2D eigenvalue weighted by molar-refractivity contribution is 7.19. The fourth-order valence-electron chi connectivity index (χ4n) is 4.19. The summed E-state index contributed by atoms with van der Waals surface area (Å²) in [4.78, 5) is 17.6. The predicted octanol–water partition coefficient (Wildman–Crippen LogP) is 6.82. The molecule has 0 spiro atoms. The number of thiazole rings is 1. The number of aromatic nitrogens is 3. The maximum atomic E-state index is 13.6. The summed E-state index contributed by atoms with van der Waals surface area (Å²) < 4.78 is 13.6. The topological polar surface area (TPSA) is 53.9 Å². The molecule has 2 aromatic heterocycles. The number of rotatable bonds is 6. The molecule has 1 saturated heterocycles. The van der Waals surface area contributed by atoms with E-state index < -0.39 is 0 Å². The molecule has 1 fully saturated rings. The third-order valence-electron chi connectivity index (χ3n) is 6.32. The number of benzene rings is 2. The minimum Gasteiger partial charge on any atom is -0.348 e. The van der Waals surface area contributed by atoms with Gasteiger partial charge >= 0.3 is 0 Å². The summed E-state index contributed by atoms with van der Waals surface area (Å²) in [6.07, 6.45) is 4.11. The van der Waals surface area contributed by atoms with Crippen molar-refractivity contribution in [2.75, 3.05) is 23.3 Å². The van der Waals surface area contributed by atoms with Gasteiger partial charge in [-0.1, -0.05) is 48.6 Å². The summed E-state index contributed by atoms with van der Waals surface area (Å²) in [7, 11) is 0. The van der Waals surface area contributed by atoms with Crippen molar-refractivity contribution >= 4 is 22.4 Å². The van der Waals surface area contributed by atoms with Gasteiger partial charge in [-0.25, -0.2) is 19.3 Å². The average Bonchev–Trinajstić information content (AvgIpc) is 3.31. The number of piperidine rings is 1. The van der Waals surface area contributed by atoms with E-state index in [4.69, 9.17) is 9.97 Å². The number of hydrogen-bond acceptors (Lipinski definition) is 6. The Hall–Kier alpha value is -3.32. The molecule has 0 bridgehead atoms. The van der Waals surface area contributed by atoms with E-state index in [0.29, 0.717) is 5.95 Å². The summed E-state index contributed by atoms with van der Waals surface area (Å²) in [5.41, 5.74) is 3.70. The SMILES string of the molecule is CC1CCN(c2nc(-c3ccc(F)cc3)c(-c3ccnc(N[C@@H](C)c4ccccc4)n3)s2)CC1. The summed E-state index contributed by atoms with van der Waals surface area (Å²) in [6, 6.07) is 18.8. The van der Waals surface area contributed by atoms with Crippen LogP contribution in [-0.2, 0) is 0 Å². The van der Waals surface area contributed by atoms with Crippen LogP contribution in [-0.4, -0.2) is 28.0 Å². The molecular weight excluding hydrogens is 445 g/mol. The predicted molar refractivity (Wildman–Crippen MR) is 138 cm³/mol. The molecule has 174 valence electrons. The molecule has 7 heteroatoms. The van der Waals surface area contributed by atoms with Gasteiger partial charge in [0.25, 0.3) is 0 Å². The molecule has 1 N–H and O–H groups in total. The van der Waals surface area contributed by atoms with E-state index in [-0.39, 0.29) is 11.9 Å². The van der Waals surface area contributed by atoms with E-state index >= 15 is 0 Å². The van der Waals surface area contributed by atoms with Crippen LogP contribution in [0.15, 0.2) is 66.9 Å². The van der Waals surface area contributed by atoms with E-state index in [1.807, 2.05) is 24.3 Å². The second-order valence-corrected chi connectivity index (χ2v) is 9.87. The summed E-state index contributed by atoms with van der Waals surface area (Å²) in [6.45, 7) is 6.40. The highest BCUT2D eigenvalue weighted by atomic mass is 32.1. The van der Waals surface area contributed by atoms with Crippen molar-refractivity contribution in [3.05, 3.63) is 78.2 Å². The van der Waals surface area contributed by atoms with Crippen molar-refractivity contribution < 1.29 is 4.39 Å². The molecule has 0 amide bonds. The molecule has 4 aromatic rings. The van der Waals surface area contributed by atoms with E-state index in [0.717, 1.165) is 46.0 Å². The Balaban J connectivity index is 1.49. The lowest BCUT2D eigenvalue weighted by atomic mass is 10.00. The second kappa shape index (κ2) is 9.89. The summed E-state index contributed by atoms with van der Waals surface area (Å²) in [5, 5.41) is 4.40. The molecule has 1 aliphatic rings. The van der Waals surface area contributed by atoms with Crippen molar-refractivity contribution in [3.8, 4) is 21.8 Å². The zero-order valence-corrected chi connectivity index (χ0v) is 20.2. The number of nitrogens with one attached hydrogen (secondary N) is 1. The molecule has 5 rings (SSSR count).